The van der Waals surface area contributed by atoms with Gasteiger partial charge in [0, 0.05) is 0 Å². The fraction of sp³-hybridized carbons (Fsp3) is 0.667. The molecule has 0 aliphatic carbocycles. The molecular formula is C3H8FN3O. The van der Waals surface area contributed by atoms with Crippen LogP contribution in [0.4, 0.5) is 4.39 Å². The highest BCUT2D eigenvalue weighted by Gasteiger charge is 1.82. The van der Waals surface area contributed by atoms with Crippen molar-refractivity contribution in [1.82, 2.24) is 5.48 Å². The topological polar surface area (TPSA) is 70.6 Å². The third kappa shape index (κ3) is 3.35. The Hall–Kier alpha value is -0.840. The van der Waals surface area contributed by atoms with Gasteiger partial charge in [-0.25, -0.2) is 14.9 Å². The molecule has 0 aromatic rings. The van der Waals surface area contributed by atoms with E-state index < -0.39 is 6.67 Å². The zero-order valence-corrected chi connectivity index (χ0v) is 4.26. The van der Waals surface area contributed by atoms with Crippen molar-refractivity contribution in [1.29, 1.82) is 0 Å². The lowest BCUT2D eigenvalue weighted by molar-refractivity contribution is 0.232. The SMILES string of the molecule is NC(=NCCF)NO. The summed E-state index contributed by atoms with van der Waals surface area (Å²) in [6, 6.07) is 0. The first-order chi connectivity index (χ1) is 3.81. The largest absolute Gasteiger partial charge is 0.368 e. The summed E-state index contributed by atoms with van der Waals surface area (Å²) in [6.45, 7) is -0.582. The van der Waals surface area contributed by atoms with E-state index in [9.17, 15) is 4.39 Å². The van der Waals surface area contributed by atoms with Crippen LogP contribution in [0.3, 0.4) is 0 Å². The van der Waals surface area contributed by atoms with E-state index in [-0.39, 0.29) is 12.5 Å². The van der Waals surface area contributed by atoms with Crippen molar-refractivity contribution in [2.24, 2.45) is 10.7 Å². The first-order valence-corrected chi connectivity index (χ1v) is 2.07. The van der Waals surface area contributed by atoms with Crippen molar-refractivity contribution in [3.05, 3.63) is 0 Å². The molecule has 0 bridgehead atoms. The van der Waals surface area contributed by atoms with Crippen LogP contribution in [0.25, 0.3) is 0 Å². The Balaban J connectivity index is 3.26. The summed E-state index contributed by atoms with van der Waals surface area (Å²) in [5.74, 6) is -0.164. The van der Waals surface area contributed by atoms with Crippen molar-refractivity contribution in [3.63, 3.8) is 0 Å². The molecule has 0 aromatic heterocycles. The minimum Gasteiger partial charge on any atom is -0.368 e. The van der Waals surface area contributed by atoms with Crippen LogP contribution >= 0.6 is 0 Å². The number of alkyl halides is 1. The molecule has 0 heterocycles. The van der Waals surface area contributed by atoms with E-state index >= 15 is 0 Å². The van der Waals surface area contributed by atoms with E-state index in [2.05, 4.69) is 4.99 Å². The summed E-state index contributed by atoms with van der Waals surface area (Å²) < 4.78 is 11.2. The Morgan fingerprint density at radius 2 is 2.50 bits per heavy atom. The molecular weight excluding hydrogens is 113 g/mol. The summed E-state index contributed by atoms with van der Waals surface area (Å²) in [4.78, 5) is 3.32. The predicted octanol–water partition coefficient (Wildman–Crippen LogP) is -0.751. The van der Waals surface area contributed by atoms with E-state index in [1.165, 1.54) is 0 Å². The van der Waals surface area contributed by atoms with Crippen molar-refractivity contribution in [3.8, 4) is 0 Å². The number of nitrogens with two attached hydrogens (primary N) is 1. The number of rotatable bonds is 2. The zero-order chi connectivity index (χ0) is 6.41. The number of hydroxylamine groups is 1. The van der Waals surface area contributed by atoms with Gasteiger partial charge in [-0.1, -0.05) is 0 Å². The number of aliphatic imine (C=N–C) groups is 1. The molecule has 0 aliphatic heterocycles. The number of nitrogens with zero attached hydrogens (tertiary/aromatic N) is 1. The van der Waals surface area contributed by atoms with Crippen molar-refractivity contribution in [2.45, 2.75) is 0 Å². The predicted molar refractivity (Wildman–Crippen MR) is 27.4 cm³/mol. The van der Waals surface area contributed by atoms with Gasteiger partial charge in [0.2, 0.25) is 5.96 Å². The van der Waals surface area contributed by atoms with Crippen molar-refractivity contribution < 1.29 is 9.60 Å². The Kier molecular flexibility index (Phi) is 3.87. The van der Waals surface area contributed by atoms with Crippen LogP contribution in [0.5, 0.6) is 0 Å². The average Bonchev–Trinajstić information content (AvgIpc) is 1.83. The quantitative estimate of drug-likeness (QED) is 0.256. The van der Waals surface area contributed by atoms with E-state index in [0.29, 0.717) is 0 Å². The van der Waals surface area contributed by atoms with Crippen LogP contribution in [0, 0.1) is 0 Å². The summed E-state index contributed by atoms with van der Waals surface area (Å²) in [5, 5.41) is 7.93. The van der Waals surface area contributed by atoms with Gasteiger partial charge in [0.15, 0.2) is 0 Å². The molecule has 8 heavy (non-hydrogen) atoms. The van der Waals surface area contributed by atoms with Crippen LogP contribution in [-0.2, 0) is 0 Å². The van der Waals surface area contributed by atoms with E-state index in [1.807, 2.05) is 0 Å². The number of hydrogen-bond donors (Lipinski definition) is 3. The molecule has 0 unspecified atom stereocenters. The molecule has 4 nitrogen and oxygen atoms in total. The van der Waals surface area contributed by atoms with Gasteiger partial charge in [0.05, 0.1) is 6.54 Å². The summed E-state index contributed by atoms with van der Waals surface area (Å²) >= 11 is 0. The highest BCUT2D eigenvalue weighted by Crippen LogP contribution is 1.69. The summed E-state index contributed by atoms with van der Waals surface area (Å²) in [6.07, 6.45) is 0. The lowest BCUT2D eigenvalue weighted by Crippen LogP contribution is -2.28. The second-order valence-electron chi connectivity index (χ2n) is 1.07. The van der Waals surface area contributed by atoms with Gasteiger partial charge in [-0.15, -0.1) is 0 Å². The Morgan fingerprint density at radius 1 is 1.88 bits per heavy atom. The number of halogens is 1. The van der Waals surface area contributed by atoms with E-state index in [0.717, 1.165) is 0 Å². The molecule has 0 aliphatic rings. The minimum absolute atomic E-state index is 0.0145. The van der Waals surface area contributed by atoms with Crippen LogP contribution in [0.1, 0.15) is 0 Å². The average molecular weight is 121 g/mol. The van der Waals surface area contributed by atoms with Gasteiger partial charge in [-0.2, -0.15) is 0 Å². The number of guanidine groups is 1. The van der Waals surface area contributed by atoms with E-state index in [1.54, 1.807) is 5.48 Å². The van der Waals surface area contributed by atoms with Gasteiger partial charge in [-0.3, -0.25) is 5.21 Å². The second kappa shape index (κ2) is 4.32. The molecule has 48 valence electrons. The van der Waals surface area contributed by atoms with Gasteiger partial charge in [0.25, 0.3) is 0 Å². The highest BCUT2D eigenvalue weighted by molar-refractivity contribution is 5.76. The third-order valence-electron chi connectivity index (χ3n) is 0.481. The smallest absolute Gasteiger partial charge is 0.212 e. The van der Waals surface area contributed by atoms with Crippen LogP contribution in [0.15, 0.2) is 4.99 Å². The fourth-order valence-corrected chi connectivity index (χ4v) is 0.198. The third-order valence-corrected chi connectivity index (χ3v) is 0.481. The molecule has 0 amide bonds. The molecule has 0 rings (SSSR count). The molecule has 0 atom stereocenters. The van der Waals surface area contributed by atoms with Crippen molar-refractivity contribution >= 4 is 5.96 Å². The highest BCUT2D eigenvalue weighted by atomic mass is 19.1. The minimum atomic E-state index is -0.567. The molecule has 4 N–H and O–H groups in total. The molecule has 0 fully saturated rings. The molecule has 0 aromatic carbocycles. The monoisotopic (exact) mass is 121 g/mol. The summed E-state index contributed by atoms with van der Waals surface area (Å²) in [5.41, 5.74) is 6.44. The zero-order valence-electron chi connectivity index (χ0n) is 4.26. The lowest BCUT2D eigenvalue weighted by atomic mass is 10.7. The van der Waals surface area contributed by atoms with Crippen LogP contribution < -0.4 is 11.2 Å². The number of nitrogens with one attached hydrogen (secondary N) is 1. The van der Waals surface area contributed by atoms with Crippen LogP contribution in [0.2, 0.25) is 0 Å². The maximum Gasteiger partial charge on any atom is 0.212 e. The van der Waals surface area contributed by atoms with Gasteiger partial charge in [-0.05, 0) is 0 Å². The Morgan fingerprint density at radius 3 is 2.88 bits per heavy atom. The lowest BCUT2D eigenvalue weighted by Gasteiger charge is -1.92. The summed E-state index contributed by atoms with van der Waals surface area (Å²) in [7, 11) is 0. The first-order valence-electron chi connectivity index (χ1n) is 2.07. The Bertz CT molecular complexity index is 84.6. The molecule has 5 heteroatoms. The molecule has 0 saturated heterocycles. The fourth-order valence-electron chi connectivity index (χ4n) is 0.198. The molecule has 0 radical (unpaired) electrons. The normalized spacial score (nSPS) is 11.5. The second-order valence-corrected chi connectivity index (χ2v) is 1.07. The van der Waals surface area contributed by atoms with Gasteiger partial charge in [0.1, 0.15) is 6.67 Å². The number of hydrogen-bond acceptors (Lipinski definition) is 2. The van der Waals surface area contributed by atoms with Crippen molar-refractivity contribution in [2.75, 3.05) is 13.2 Å². The van der Waals surface area contributed by atoms with E-state index in [4.69, 9.17) is 10.9 Å². The van der Waals surface area contributed by atoms with Gasteiger partial charge >= 0.3 is 0 Å². The maximum absolute atomic E-state index is 11.2. The van der Waals surface area contributed by atoms with Crippen LogP contribution in [-0.4, -0.2) is 24.4 Å². The molecule has 0 spiro atoms. The first kappa shape index (κ1) is 7.16. The molecule has 0 saturated carbocycles. The standard InChI is InChI=1S/C3H8FN3O/c4-1-2-6-3(5)7-8/h8H,1-2H2,(H3,5,6,7). The maximum atomic E-state index is 11.2. The Labute approximate surface area is 46.2 Å². The van der Waals surface area contributed by atoms with Gasteiger partial charge < -0.3 is 5.73 Å².